The molecule has 2 aromatic carbocycles. The third kappa shape index (κ3) is 3.42. The first-order chi connectivity index (χ1) is 12.1. The van der Waals surface area contributed by atoms with Gasteiger partial charge < -0.3 is 19.1 Å². The van der Waals surface area contributed by atoms with Crippen molar-refractivity contribution in [3.63, 3.8) is 0 Å². The van der Waals surface area contributed by atoms with Crippen LogP contribution in [0.25, 0.3) is 0 Å². The van der Waals surface area contributed by atoms with Gasteiger partial charge in [0.15, 0.2) is 11.5 Å². The van der Waals surface area contributed by atoms with Crippen LogP contribution in [0, 0.1) is 0 Å². The van der Waals surface area contributed by atoms with Crippen LogP contribution in [0.5, 0.6) is 17.2 Å². The second kappa shape index (κ2) is 7.25. The number of carbonyl (C=O) groups is 2. The molecule has 0 aromatic heterocycles. The van der Waals surface area contributed by atoms with Crippen molar-refractivity contribution in [3.05, 3.63) is 48.0 Å². The number of benzene rings is 2. The van der Waals surface area contributed by atoms with Crippen LogP contribution in [0.4, 0.5) is 5.69 Å². The lowest BCUT2D eigenvalue weighted by Gasteiger charge is -2.16. The smallest absolute Gasteiger partial charge is 0.343 e. The Kier molecular flexibility index (Phi) is 4.88. The molecule has 0 atom stereocenters. The monoisotopic (exact) mass is 341 g/mol. The van der Waals surface area contributed by atoms with E-state index in [2.05, 4.69) is 0 Å². The number of rotatable bonds is 5. The van der Waals surface area contributed by atoms with E-state index in [1.54, 1.807) is 47.4 Å². The Balaban J connectivity index is 1.79. The first kappa shape index (κ1) is 16.8. The highest BCUT2D eigenvalue weighted by atomic mass is 16.6. The van der Waals surface area contributed by atoms with E-state index in [0.717, 1.165) is 12.1 Å². The number of hydrogen-bond donors (Lipinski definition) is 0. The van der Waals surface area contributed by atoms with Gasteiger partial charge in [0.25, 0.3) is 0 Å². The molecule has 130 valence electrons. The average molecular weight is 341 g/mol. The number of hydrogen-bond acceptors (Lipinski definition) is 5. The lowest BCUT2D eigenvalue weighted by molar-refractivity contribution is -0.117. The van der Waals surface area contributed by atoms with Gasteiger partial charge in [-0.15, -0.1) is 0 Å². The van der Waals surface area contributed by atoms with Gasteiger partial charge in [-0.2, -0.15) is 0 Å². The van der Waals surface area contributed by atoms with Gasteiger partial charge in [-0.25, -0.2) is 4.79 Å². The van der Waals surface area contributed by atoms with Gasteiger partial charge in [-0.05, 0) is 42.8 Å². The summed E-state index contributed by atoms with van der Waals surface area (Å²) in [5.41, 5.74) is 1.16. The van der Waals surface area contributed by atoms with Crippen LogP contribution in [-0.4, -0.2) is 32.6 Å². The molecular weight excluding hydrogens is 322 g/mol. The summed E-state index contributed by atoms with van der Waals surface area (Å²) in [5.74, 6) is 0.631. The van der Waals surface area contributed by atoms with Crippen LogP contribution >= 0.6 is 0 Å². The third-order valence-electron chi connectivity index (χ3n) is 4.07. The molecule has 3 rings (SSSR count). The van der Waals surface area contributed by atoms with Crippen molar-refractivity contribution in [1.82, 2.24) is 0 Å². The highest BCUT2D eigenvalue weighted by molar-refractivity contribution is 5.96. The summed E-state index contributed by atoms with van der Waals surface area (Å²) < 4.78 is 15.9. The molecule has 2 aromatic rings. The molecule has 1 aliphatic rings. The molecule has 1 amide bonds. The molecule has 1 aliphatic heterocycles. The van der Waals surface area contributed by atoms with Gasteiger partial charge in [-0.1, -0.05) is 6.07 Å². The third-order valence-corrected chi connectivity index (χ3v) is 4.07. The number of methoxy groups -OCH3 is 2. The predicted molar refractivity (Wildman–Crippen MR) is 92.5 cm³/mol. The SMILES string of the molecule is COc1cccc(OC)c1OC(=O)c1ccc(N2CCCC2=O)cc1. The lowest BCUT2D eigenvalue weighted by Crippen LogP contribution is -2.23. The predicted octanol–water partition coefficient (Wildman–Crippen LogP) is 3.05. The van der Waals surface area contributed by atoms with Crippen LogP contribution in [-0.2, 0) is 4.79 Å². The number of ether oxygens (including phenoxy) is 3. The topological polar surface area (TPSA) is 65.1 Å². The second-order valence-corrected chi connectivity index (χ2v) is 5.58. The second-order valence-electron chi connectivity index (χ2n) is 5.58. The van der Waals surface area contributed by atoms with Gasteiger partial charge >= 0.3 is 5.97 Å². The highest BCUT2D eigenvalue weighted by Gasteiger charge is 2.22. The zero-order valence-electron chi connectivity index (χ0n) is 14.2. The zero-order chi connectivity index (χ0) is 17.8. The van der Waals surface area contributed by atoms with E-state index in [1.807, 2.05) is 0 Å². The number of para-hydroxylation sites is 1. The molecule has 25 heavy (non-hydrogen) atoms. The van der Waals surface area contributed by atoms with E-state index in [9.17, 15) is 9.59 Å². The maximum Gasteiger partial charge on any atom is 0.343 e. The molecule has 0 N–H and O–H groups in total. The molecule has 1 heterocycles. The largest absolute Gasteiger partial charge is 0.493 e. The van der Waals surface area contributed by atoms with E-state index in [0.29, 0.717) is 30.0 Å². The standard InChI is InChI=1S/C19H19NO5/c1-23-15-5-3-6-16(24-2)18(15)25-19(22)13-8-10-14(11-9-13)20-12-4-7-17(20)21/h3,5-6,8-11H,4,7,12H2,1-2H3. The Morgan fingerprint density at radius 3 is 2.16 bits per heavy atom. The number of anilines is 1. The Hall–Kier alpha value is -3.02. The van der Waals surface area contributed by atoms with Gasteiger partial charge in [0.1, 0.15) is 0 Å². The van der Waals surface area contributed by atoms with Gasteiger partial charge in [0, 0.05) is 18.7 Å². The van der Waals surface area contributed by atoms with Crippen molar-refractivity contribution in [2.45, 2.75) is 12.8 Å². The summed E-state index contributed by atoms with van der Waals surface area (Å²) in [5, 5.41) is 0. The Morgan fingerprint density at radius 2 is 1.64 bits per heavy atom. The maximum atomic E-state index is 12.4. The van der Waals surface area contributed by atoms with Crippen LogP contribution in [0.2, 0.25) is 0 Å². The van der Waals surface area contributed by atoms with Gasteiger partial charge in [0.2, 0.25) is 11.7 Å². The van der Waals surface area contributed by atoms with E-state index in [-0.39, 0.29) is 11.7 Å². The molecular formula is C19H19NO5. The maximum absolute atomic E-state index is 12.4. The quantitative estimate of drug-likeness (QED) is 0.618. The molecule has 0 radical (unpaired) electrons. The van der Waals surface area contributed by atoms with Crippen molar-refractivity contribution < 1.29 is 23.8 Å². The van der Waals surface area contributed by atoms with Crippen molar-refractivity contribution in [2.75, 3.05) is 25.7 Å². The Morgan fingerprint density at radius 1 is 1.00 bits per heavy atom. The van der Waals surface area contributed by atoms with Crippen molar-refractivity contribution in [1.29, 1.82) is 0 Å². The minimum absolute atomic E-state index is 0.106. The molecule has 0 unspecified atom stereocenters. The Bertz CT molecular complexity index is 763. The Labute approximate surface area is 145 Å². The van der Waals surface area contributed by atoms with Crippen LogP contribution in [0.3, 0.4) is 0 Å². The lowest BCUT2D eigenvalue weighted by atomic mass is 10.2. The summed E-state index contributed by atoms with van der Waals surface area (Å²) in [4.78, 5) is 25.9. The van der Waals surface area contributed by atoms with Crippen LogP contribution < -0.4 is 19.1 Å². The van der Waals surface area contributed by atoms with Crippen molar-refractivity contribution >= 4 is 17.6 Å². The first-order valence-electron chi connectivity index (χ1n) is 7.97. The van der Waals surface area contributed by atoms with E-state index in [4.69, 9.17) is 14.2 Å². The number of nitrogens with zero attached hydrogens (tertiary/aromatic N) is 1. The van der Waals surface area contributed by atoms with Crippen LogP contribution in [0.15, 0.2) is 42.5 Å². The molecule has 0 spiro atoms. The summed E-state index contributed by atoms with van der Waals surface area (Å²) >= 11 is 0. The van der Waals surface area contributed by atoms with Crippen LogP contribution in [0.1, 0.15) is 23.2 Å². The molecule has 1 saturated heterocycles. The van der Waals surface area contributed by atoms with Crippen molar-refractivity contribution in [3.8, 4) is 17.2 Å². The minimum Gasteiger partial charge on any atom is -0.493 e. The highest BCUT2D eigenvalue weighted by Crippen LogP contribution is 2.37. The molecule has 1 fully saturated rings. The summed E-state index contributed by atoms with van der Waals surface area (Å²) in [6.07, 6.45) is 1.42. The fraction of sp³-hybridized carbons (Fsp3) is 0.263. The van der Waals surface area contributed by atoms with Gasteiger partial charge in [-0.3, -0.25) is 4.79 Å². The number of carbonyl (C=O) groups excluding carboxylic acids is 2. The first-order valence-corrected chi connectivity index (χ1v) is 7.97. The summed E-state index contributed by atoms with van der Waals surface area (Å²) in [7, 11) is 2.99. The fourth-order valence-corrected chi connectivity index (χ4v) is 2.77. The molecule has 6 nitrogen and oxygen atoms in total. The zero-order valence-corrected chi connectivity index (χ0v) is 14.2. The number of esters is 1. The van der Waals surface area contributed by atoms with Gasteiger partial charge in [0.05, 0.1) is 19.8 Å². The van der Waals surface area contributed by atoms with Crippen molar-refractivity contribution in [2.24, 2.45) is 0 Å². The molecule has 0 bridgehead atoms. The normalized spacial score (nSPS) is 13.7. The summed E-state index contributed by atoms with van der Waals surface area (Å²) in [6, 6.07) is 11.9. The van der Waals surface area contributed by atoms with E-state index in [1.165, 1.54) is 14.2 Å². The molecule has 6 heteroatoms. The molecule has 0 saturated carbocycles. The number of amides is 1. The summed E-state index contributed by atoms with van der Waals surface area (Å²) in [6.45, 7) is 0.709. The van der Waals surface area contributed by atoms with E-state index < -0.39 is 5.97 Å². The van der Waals surface area contributed by atoms with E-state index >= 15 is 0 Å². The fourth-order valence-electron chi connectivity index (χ4n) is 2.77. The molecule has 0 aliphatic carbocycles. The average Bonchev–Trinajstić information content (AvgIpc) is 3.08. The minimum atomic E-state index is -0.526.